The fraction of sp³-hybridized carbons (Fsp3) is 0.286. The number of nitrogens with zero attached hydrogens (tertiary/aromatic N) is 5. The van der Waals surface area contributed by atoms with Crippen LogP contribution in [0.2, 0.25) is 0 Å². The lowest BCUT2D eigenvalue weighted by molar-refractivity contribution is -0.154. The van der Waals surface area contributed by atoms with Crippen LogP contribution in [0.15, 0.2) is 79.3 Å². The summed E-state index contributed by atoms with van der Waals surface area (Å²) in [6.07, 6.45) is 2.55. The summed E-state index contributed by atoms with van der Waals surface area (Å²) >= 11 is 0. The molecule has 1 fully saturated rings. The maximum absolute atomic E-state index is 13.6. The Hall–Kier alpha value is -4.35. The van der Waals surface area contributed by atoms with Crippen LogP contribution >= 0.6 is 0 Å². The van der Waals surface area contributed by atoms with E-state index in [9.17, 15) is 24.2 Å². The third kappa shape index (κ3) is 5.59. The molecule has 4 aromatic rings. The highest BCUT2D eigenvalue weighted by Gasteiger charge is 2.39. The molecule has 2 amide bonds. The Bertz CT molecular complexity index is 1440. The number of aromatic nitrogens is 4. The zero-order valence-electron chi connectivity index (χ0n) is 21.3. The van der Waals surface area contributed by atoms with Gasteiger partial charge in [-0.2, -0.15) is 10.2 Å². The number of hydrogen-bond donors (Lipinski definition) is 3. The number of aliphatic hydroxyl groups is 2. The molecule has 4 atom stereocenters. The second kappa shape index (κ2) is 11.2. The molecule has 10 nitrogen and oxygen atoms in total. The number of amides is 2. The van der Waals surface area contributed by atoms with Crippen molar-refractivity contribution in [3.63, 3.8) is 0 Å². The summed E-state index contributed by atoms with van der Waals surface area (Å²) in [4.78, 5) is 27.3. The van der Waals surface area contributed by atoms with Gasteiger partial charge in [-0.1, -0.05) is 18.2 Å². The summed E-state index contributed by atoms with van der Waals surface area (Å²) in [5.41, 5.74) is 2.74. The van der Waals surface area contributed by atoms with Crippen LogP contribution < -0.4 is 5.32 Å². The highest BCUT2D eigenvalue weighted by atomic mass is 19.1. The third-order valence-electron chi connectivity index (χ3n) is 6.90. The van der Waals surface area contributed by atoms with Gasteiger partial charge < -0.3 is 20.4 Å². The lowest BCUT2D eigenvalue weighted by atomic mass is 10.1. The minimum absolute atomic E-state index is 0.348. The van der Waals surface area contributed by atoms with Crippen molar-refractivity contribution in [1.29, 1.82) is 0 Å². The molecule has 39 heavy (non-hydrogen) atoms. The van der Waals surface area contributed by atoms with Crippen LogP contribution in [0.1, 0.15) is 43.1 Å². The summed E-state index contributed by atoms with van der Waals surface area (Å²) in [6, 6.07) is 16.0. The van der Waals surface area contributed by atoms with Crippen molar-refractivity contribution < 1.29 is 24.2 Å². The maximum Gasteiger partial charge on any atom is 0.255 e. The van der Waals surface area contributed by atoms with E-state index in [1.165, 1.54) is 21.7 Å². The predicted molar refractivity (Wildman–Crippen MR) is 139 cm³/mol. The molecule has 0 radical (unpaired) electrons. The first-order chi connectivity index (χ1) is 18.8. The quantitative estimate of drug-likeness (QED) is 0.320. The lowest BCUT2D eigenvalue weighted by Crippen LogP contribution is -2.51. The van der Waals surface area contributed by atoms with E-state index in [1.54, 1.807) is 42.2 Å². The molecule has 11 heteroatoms. The number of carbonyl (C=O) groups is 2. The number of aliphatic hydroxyl groups excluding tert-OH is 2. The SMILES string of the molecule is C[C@@H](NC(=O)[C@H](O)[C@@H](O)C(=O)N1CCC[C@@H]1c1ccn(-c2cccc(F)c2)n1)c1ccc(-n2cccn2)cc1. The summed E-state index contributed by atoms with van der Waals surface area (Å²) in [7, 11) is 0. The molecular weight excluding hydrogens is 503 g/mol. The first kappa shape index (κ1) is 26.3. The number of halogens is 1. The Kier molecular flexibility index (Phi) is 7.53. The molecule has 0 saturated carbocycles. The van der Waals surface area contributed by atoms with Gasteiger partial charge in [0, 0.05) is 25.1 Å². The second-order valence-corrected chi connectivity index (χ2v) is 9.52. The number of hydrogen-bond acceptors (Lipinski definition) is 6. The molecule has 0 spiro atoms. The lowest BCUT2D eigenvalue weighted by Gasteiger charge is -2.28. The fourth-order valence-corrected chi connectivity index (χ4v) is 4.78. The summed E-state index contributed by atoms with van der Waals surface area (Å²) in [6.45, 7) is 2.09. The van der Waals surface area contributed by atoms with Crippen molar-refractivity contribution in [3.05, 3.63) is 96.3 Å². The summed E-state index contributed by atoms with van der Waals surface area (Å²) in [5.74, 6) is -2.00. The molecule has 0 unspecified atom stereocenters. The van der Waals surface area contributed by atoms with Crippen molar-refractivity contribution in [2.45, 2.75) is 44.1 Å². The molecule has 3 N–H and O–H groups in total. The number of benzene rings is 2. The average molecular weight is 533 g/mol. The zero-order chi connectivity index (χ0) is 27.5. The Labute approximate surface area is 224 Å². The Balaban J connectivity index is 1.21. The van der Waals surface area contributed by atoms with Gasteiger partial charge in [0.15, 0.2) is 12.2 Å². The number of nitrogens with one attached hydrogen (secondary N) is 1. The van der Waals surface area contributed by atoms with Crippen molar-refractivity contribution in [2.75, 3.05) is 6.54 Å². The normalized spacial score (nSPS) is 17.5. The average Bonchev–Trinajstić information content (AvgIpc) is 3.73. The summed E-state index contributed by atoms with van der Waals surface area (Å²) in [5, 5.41) is 32.5. The van der Waals surface area contributed by atoms with Crippen LogP contribution in [0.25, 0.3) is 11.4 Å². The van der Waals surface area contributed by atoms with Gasteiger partial charge in [0.25, 0.3) is 11.8 Å². The number of rotatable bonds is 8. The van der Waals surface area contributed by atoms with Gasteiger partial charge in [0.1, 0.15) is 5.82 Å². The third-order valence-corrected chi connectivity index (χ3v) is 6.90. The molecule has 2 aromatic heterocycles. The number of likely N-dealkylation sites (tertiary alicyclic amines) is 1. The van der Waals surface area contributed by atoms with E-state index in [0.29, 0.717) is 30.8 Å². The Morgan fingerprint density at radius 1 is 1.00 bits per heavy atom. The van der Waals surface area contributed by atoms with Crippen LogP contribution in [0.5, 0.6) is 0 Å². The monoisotopic (exact) mass is 532 g/mol. The van der Waals surface area contributed by atoms with E-state index in [-0.39, 0.29) is 0 Å². The topological polar surface area (TPSA) is 126 Å². The minimum atomic E-state index is -1.95. The van der Waals surface area contributed by atoms with Crippen LogP contribution in [-0.4, -0.2) is 65.2 Å². The predicted octanol–water partition coefficient (Wildman–Crippen LogP) is 2.46. The smallest absolute Gasteiger partial charge is 0.255 e. The molecule has 1 aliphatic rings. The van der Waals surface area contributed by atoms with Gasteiger partial charge in [-0.3, -0.25) is 9.59 Å². The van der Waals surface area contributed by atoms with E-state index in [2.05, 4.69) is 15.5 Å². The highest BCUT2D eigenvalue weighted by molar-refractivity contribution is 5.91. The molecular formula is C28H29FN6O4. The zero-order valence-corrected chi connectivity index (χ0v) is 21.3. The van der Waals surface area contributed by atoms with E-state index < -0.39 is 41.9 Å². The molecule has 2 aromatic carbocycles. The van der Waals surface area contributed by atoms with Gasteiger partial charge in [-0.05, 0) is 67.8 Å². The molecule has 1 aliphatic heterocycles. The molecule has 0 bridgehead atoms. The fourth-order valence-electron chi connectivity index (χ4n) is 4.78. The van der Waals surface area contributed by atoms with Crippen LogP contribution in [-0.2, 0) is 9.59 Å². The van der Waals surface area contributed by atoms with E-state index in [1.807, 2.05) is 36.5 Å². The van der Waals surface area contributed by atoms with Crippen molar-refractivity contribution in [1.82, 2.24) is 29.8 Å². The molecule has 0 aliphatic carbocycles. The standard InChI is InChI=1S/C28H29FN6O4/c1-18(19-8-10-21(11-9-19)34-15-4-13-30-34)31-27(38)25(36)26(37)28(39)33-14-3-7-24(33)23-12-16-35(32-23)22-6-2-5-20(29)17-22/h2,4-6,8-13,15-18,24-26,36-37H,3,7,14H2,1H3,(H,31,38)/t18-,24-,25-,26-/m1/s1. The maximum atomic E-state index is 13.6. The molecule has 202 valence electrons. The van der Waals surface area contributed by atoms with Gasteiger partial charge in [-0.15, -0.1) is 0 Å². The van der Waals surface area contributed by atoms with Crippen molar-refractivity contribution >= 4 is 11.8 Å². The van der Waals surface area contributed by atoms with Gasteiger partial charge >= 0.3 is 0 Å². The molecule has 3 heterocycles. The van der Waals surface area contributed by atoms with Crippen LogP contribution in [0, 0.1) is 5.82 Å². The van der Waals surface area contributed by atoms with Crippen molar-refractivity contribution in [2.24, 2.45) is 0 Å². The highest BCUT2D eigenvalue weighted by Crippen LogP contribution is 2.32. The molecule has 5 rings (SSSR count). The van der Waals surface area contributed by atoms with Crippen molar-refractivity contribution in [3.8, 4) is 11.4 Å². The second-order valence-electron chi connectivity index (χ2n) is 9.52. The van der Waals surface area contributed by atoms with Gasteiger partial charge in [0.2, 0.25) is 0 Å². The van der Waals surface area contributed by atoms with Gasteiger partial charge in [0.05, 0.1) is 29.2 Å². The first-order valence-corrected chi connectivity index (χ1v) is 12.7. The molecule has 1 saturated heterocycles. The first-order valence-electron chi connectivity index (χ1n) is 12.7. The summed E-state index contributed by atoms with van der Waals surface area (Å²) < 4.78 is 16.8. The van der Waals surface area contributed by atoms with Crippen LogP contribution in [0.4, 0.5) is 4.39 Å². The number of carbonyl (C=O) groups excluding carboxylic acids is 2. The van der Waals surface area contributed by atoms with Gasteiger partial charge in [-0.25, -0.2) is 13.8 Å². The Morgan fingerprint density at radius 3 is 2.51 bits per heavy atom. The largest absolute Gasteiger partial charge is 0.380 e. The minimum Gasteiger partial charge on any atom is -0.380 e. The Morgan fingerprint density at radius 2 is 1.79 bits per heavy atom. The van der Waals surface area contributed by atoms with E-state index >= 15 is 0 Å². The van der Waals surface area contributed by atoms with E-state index in [0.717, 1.165) is 11.3 Å². The van der Waals surface area contributed by atoms with E-state index in [4.69, 9.17) is 0 Å². The van der Waals surface area contributed by atoms with Crippen LogP contribution in [0.3, 0.4) is 0 Å².